The first-order valence-electron chi connectivity index (χ1n) is 9.37. The normalized spacial score (nSPS) is 14.9. The number of aromatic amines is 1. The third-order valence-electron chi connectivity index (χ3n) is 4.64. The summed E-state index contributed by atoms with van der Waals surface area (Å²) in [4.78, 5) is 15.3. The predicted molar refractivity (Wildman–Crippen MR) is 109 cm³/mol. The summed E-state index contributed by atoms with van der Waals surface area (Å²) in [6.07, 6.45) is -1.08. The van der Waals surface area contributed by atoms with Crippen LogP contribution in [0.2, 0.25) is 5.15 Å². The van der Waals surface area contributed by atoms with Gasteiger partial charge < -0.3 is 4.90 Å². The Hall–Kier alpha value is -2.33. The van der Waals surface area contributed by atoms with E-state index in [1.54, 1.807) is 19.1 Å². The molecule has 4 rings (SSSR count). The number of benzene rings is 1. The van der Waals surface area contributed by atoms with Gasteiger partial charge in [-0.25, -0.2) is 15.0 Å². The van der Waals surface area contributed by atoms with E-state index in [-0.39, 0.29) is 5.82 Å². The zero-order chi connectivity index (χ0) is 21.3. The van der Waals surface area contributed by atoms with E-state index >= 15 is 0 Å². The molecule has 6 nitrogen and oxygen atoms in total. The standard InChI is InChI=1S/C19H18ClF3N6S/c1-11-7-12(9-13(8-11)19(21,22)23)16-26-18(28-27-16)30-15-10-14(20)24-17(25-15)29-5-3-2-4-6-29/h7-10H,2-6H2,1H3,(H,26,27,28). The molecule has 1 aromatic carbocycles. The molecule has 1 aliphatic rings. The molecule has 1 aliphatic heterocycles. The SMILES string of the molecule is Cc1cc(-c2nc(Sc3cc(Cl)nc(N4CCCCC4)n3)n[nH]2)cc(C(F)(F)F)c1. The molecule has 0 aliphatic carbocycles. The highest BCUT2D eigenvalue weighted by molar-refractivity contribution is 7.99. The van der Waals surface area contributed by atoms with Gasteiger partial charge in [-0.2, -0.15) is 13.2 Å². The number of piperidine rings is 1. The first kappa shape index (κ1) is 20.9. The van der Waals surface area contributed by atoms with Crippen LogP contribution in [0.25, 0.3) is 11.4 Å². The largest absolute Gasteiger partial charge is 0.416 e. The molecule has 158 valence electrons. The maximum absolute atomic E-state index is 13.1. The molecule has 1 fully saturated rings. The molecule has 1 saturated heterocycles. The van der Waals surface area contributed by atoms with Crippen molar-refractivity contribution in [2.45, 2.75) is 42.5 Å². The third kappa shape index (κ3) is 4.86. The van der Waals surface area contributed by atoms with Gasteiger partial charge in [-0.1, -0.05) is 11.6 Å². The van der Waals surface area contributed by atoms with Crippen LogP contribution in [0.4, 0.5) is 19.1 Å². The fourth-order valence-corrected chi connectivity index (χ4v) is 4.23. The molecule has 0 amide bonds. The number of H-pyrrole nitrogens is 1. The van der Waals surface area contributed by atoms with Crippen LogP contribution in [0.3, 0.4) is 0 Å². The van der Waals surface area contributed by atoms with Gasteiger partial charge in [0, 0.05) is 24.7 Å². The molecule has 11 heteroatoms. The molecule has 0 unspecified atom stereocenters. The van der Waals surface area contributed by atoms with Gasteiger partial charge in [-0.05, 0) is 61.7 Å². The lowest BCUT2D eigenvalue weighted by Gasteiger charge is -2.26. The van der Waals surface area contributed by atoms with E-state index in [1.807, 2.05) is 0 Å². The van der Waals surface area contributed by atoms with Crippen LogP contribution in [-0.2, 0) is 6.18 Å². The predicted octanol–water partition coefficient (Wildman–Crippen LogP) is 5.38. The highest BCUT2D eigenvalue weighted by Crippen LogP contribution is 2.33. The van der Waals surface area contributed by atoms with Crippen molar-refractivity contribution in [3.8, 4) is 11.4 Å². The molecule has 0 atom stereocenters. The van der Waals surface area contributed by atoms with E-state index < -0.39 is 11.7 Å². The van der Waals surface area contributed by atoms with E-state index in [1.165, 1.54) is 18.2 Å². The number of aryl methyl sites for hydroxylation is 1. The lowest BCUT2D eigenvalue weighted by Crippen LogP contribution is -2.31. The van der Waals surface area contributed by atoms with Crippen molar-refractivity contribution in [3.63, 3.8) is 0 Å². The summed E-state index contributed by atoms with van der Waals surface area (Å²) >= 11 is 7.34. The minimum absolute atomic E-state index is 0.253. The highest BCUT2D eigenvalue weighted by Gasteiger charge is 2.31. The summed E-state index contributed by atoms with van der Waals surface area (Å²) in [5, 5.41) is 8.03. The number of anilines is 1. The second kappa shape index (κ2) is 8.43. The Kier molecular flexibility index (Phi) is 5.88. The maximum Gasteiger partial charge on any atom is 0.416 e. The first-order valence-corrected chi connectivity index (χ1v) is 10.6. The Morgan fingerprint density at radius 2 is 1.80 bits per heavy atom. The highest BCUT2D eigenvalue weighted by atomic mass is 35.5. The molecule has 0 saturated carbocycles. The average molecular weight is 455 g/mol. The number of rotatable bonds is 4. The lowest BCUT2D eigenvalue weighted by molar-refractivity contribution is -0.137. The Morgan fingerprint density at radius 1 is 1.03 bits per heavy atom. The van der Waals surface area contributed by atoms with Gasteiger partial charge in [0.2, 0.25) is 11.1 Å². The van der Waals surface area contributed by atoms with Crippen LogP contribution in [-0.4, -0.2) is 38.2 Å². The Bertz CT molecular complexity index is 1050. The van der Waals surface area contributed by atoms with Crippen molar-refractivity contribution in [2.75, 3.05) is 18.0 Å². The summed E-state index contributed by atoms with van der Waals surface area (Å²) in [5.41, 5.74) is 0.0763. The summed E-state index contributed by atoms with van der Waals surface area (Å²) in [7, 11) is 0. The smallest absolute Gasteiger partial charge is 0.341 e. The molecule has 3 heterocycles. The van der Waals surface area contributed by atoms with Crippen molar-refractivity contribution in [2.24, 2.45) is 0 Å². The fraction of sp³-hybridized carbons (Fsp3) is 0.368. The van der Waals surface area contributed by atoms with Gasteiger partial charge in [0.15, 0.2) is 5.82 Å². The number of hydrogen-bond acceptors (Lipinski definition) is 6. The van der Waals surface area contributed by atoms with Gasteiger partial charge in [-0.15, -0.1) is 5.10 Å². The average Bonchev–Trinajstić information content (AvgIpc) is 3.15. The molecule has 30 heavy (non-hydrogen) atoms. The molecular weight excluding hydrogens is 437 g/mol. The topological polar surface area (TPSA) is 70.6 Å². The maximum atomic E-state index is 13.1. The monoisotopic (exact) mass is 454 g/mol. The minimum Gasteiger partial charge on any atom is -0.341 e. The minimum atomic E-state index is -4.43. The number of nitrogens with one attached hydrogen (secondary N) is 1. The Balaban J connectivity index is 1.57. The van der Waals surface area contributed by atoms with E-state index in [2.05, 4.69) is 30.0 Å². The first-order chi connectivity index (χ1) is 14.3. The molecule has 3 aromatic rings. The summed E-state index contributed by atoms with van der Waals surface area (Å²) in [6, 6.07) is 5.39. The lowest BCUT2D eigenvalue weighted by atomic mass is 10.1. The van der Waals surface area contributed by atoms with E-state index in [4.69, 9.17) is 11.6 Å². The molecule has 1 N–H and O–H groups in total. The van der Waals surface area contributed by atoms with Gasteiger partial charge >= 0.3 is 6.18 Å². The van der Waals surface area contributed by atoms with Gasteiger partial charge in [-0.3, -0.25) is 5.10 Å². The van der Waals surface area contributed by atoms with E-state index in [0.717, 1.165) is 38.1 Å². The Morgan fingerprint density at radius 3 is 2.53 bits per heavy atom. The number of halogens is 4. The summed E-state index contributed by atoms with van der Waals surface area (Å²) < 4.78 is 39.3. The number of aromatic nitrogens is 5. The van der Waals surface area contributed by atoms with Crippen LogP contribution < -0.4 is 4.90 Å². The molecule has 0 bridgehead atoms. The molecule has 0 radical (unpaired) electrons. The second-order valence-electron chi connectivity index (χ2n) is 7.03. The molecule has 2 aromatic heterocycles. The summed E-state index contributed by atoms with van der Waals surface area (Å²) in [6.45, 7) is 3.37. The van der Waals surface area contributed by atoms with Gasteiger partial charge in [0.1, 0.15) is 10.2 Å². The zero-order valence-electron chi connectivity index (χ0n) is 16.0. The second-order valence-corrected chi connectivity index (χ2v) is 8.41. The van der Waals surface area contributed by atoms with E-state index in [0.29, 0.717) is 32.4 Å². The van der Waals surface area contributed by atoms with Crippen molar-refractivity contribution >= 4 is 29.3 Å². The van der Waals surface area contributed by atoms with Crippen molar-refractivity contribution in [1.29, 1.82) is 0 Å². The van der Waals surface area contributed by atoms with Crippen LogP contribution >= 0.6 is 23.4 Å². The molecule has 0 spiro atoms. The fourth-order valence-electron chi connectivity index (χ4n) is 3.27. The van der Waals surface area contributed by atoms with Crippen LogP contribution in [0.1, 0.15) is 30.4 Å². The van der Waals surface area contributed by atoms with Crippen molar-refractivity contribution in [3.05, 3.63) is 40.5 Å². The van der Waals surface area contributed by atoms with Crippen LogP contribution in [0.15, 0.2) is 34.4 Å². The van der Waals surface area contributed by atoms with E-state index in [9.17, 15) is 13.2 Å². The zero-order valence-corrected chi connectivity index (χ0v) is 17.6. The quantitative estimate of drug-likeness (QED) is 0.533. The van der Waals surface area contributed by atoms with Crippen molar-refractivity contribution in [1.82, 2.24) is 25.1 Å². The summed E-state index contributed by atoms with van der Waals surface area (Å²) in [5.74, 6) is 0.817. The van der Waals surface area contributed by atoms with Gasteiger partial charge in [0.05, 0.1) is 5.56 Å². The van der Waals surface area contributed by atoms with Crippen LogP contribution in [0, 0.1) is 6.92 Å². The number of hydrogen-bond donors (Lipinski definition) is 1. The van der Waals surface area contributed by atoms with Crippen molar-refractivity contribution < 1.29 is 13.2 Å². The van der Waals surface area contributed by atoms with Crippen LogP contribution in [0.5, 0.6) is 0 Å². The molecular formula is C19H18ClF3N6S. The van der Waals surface area contributed by atoms with Gasteiger partial charge in [0.25, 0.3) is 0 Å². The third-order valence-corrected chi connectivity index (χ3v) is 5.61. The number of alkyl halides is 3. The Labute approximate surface area is 180 Å². The number of nitrogens with zero attached hydrogens (tertiary/aromatic N) is 5.